The Labute approximate surface area is 141 Å². The van der Waals surface area contributed by atoms with Gasteiger partial charge in [0.2, 0.25) is 0 Å². The van der Waals surface area contributed by atoms with Crippen molar-refractivity contribution in [2.24, 2.45) is 0 Å². The van der Waals surface area contributed by atoms with E-state index < -0.39 is 0 Å². The summed E-state index contributed by atoms with van der Waals surface area (Å²) in [5.41, 5.74) is 2.29. The maximum Gasteiger partial charge on any atom is 0.187 e. The Balaban J connectivity index is 1.49. The van der Waals surface area contributed by atoms with E-state index in [1.54, 1.807) is 18.0 Å². The molecular formula is C17H22N4OS. The Kier molecular flexibility index (Phi) is 5.96. The van der Waals surface area contributed by atoms with E-state index in [1.165, 1.54) is 6.42 Å². The maximum atomic E-state index is 6.06. The smallest absolute Gasteiger partial charge is 0.187 e. The molecule has 3 rings (SSSR count). The number of hydrogen-bond donors (Lipinski definition) is 0. The molecule has 2 aromatic heterocycles. The first kappa shape index (κ1) is 16.4. The topological polar surface area (TPSA) is 51.1 Å². The molecule has 1 aliphatic heterocycles. The molecule has 0 radical (unpaired) electrons. The summed E-state index contributed by atoms with van der Waals surface area (Å²) in [7, 11) is 0. The van der Waals surface area contributed by atoms with Crippen LogP contribution in [0.2, 0.25) is 0 Å². The van der Waals surface area contributed by atoms with E-state index in [0.717, 1.165) is 42.3 Å². The minimum atomic E-state index is 0.287. The van der Waals surface area contributed by atoms with Crippen molar-refractivity contribution in [3.63, 3.8) is 0 Å². The van der Waals surface area contributed by atoms with E-state index in [2.05, 4.69) is 25.9 Å². The lowest BCUT2D eigenvalue weighted by Gasteiger charge is -2.32. The average molecular weight is 330 g/mol. The van der Waals surface area contributed by atoms with Gasteiger partial charge in [-0.2, -0.15) is 0 Å². The SMILES string of the molecule is CSc1ncc(CN2CCC[C@@H](OCc3cccnc3)C2)cn1. The van der Waals surface area contributed by atoms with Crippen molar-refractivity contribution in [2.75, 3.05) is 19.3 Å². The summed E-state index contributed by atoms with van der Waals surface area (Å²) in [4.78, 5) is 15.2. The van der Waals surface area contributed by atoms with Gasteiger partial charge in [0.25, 0.3) is 0 Å². The second-order valence-electron chi connectivity index (χ2n) is 5.75. The lowest BCUT2D eigenvalue weighted by atomic mass is 10.1. The van der Waals surface area contributed by atoms with Gasteiger partial charge in [-0.05, 0) is 37.3 Å². The van der Waals surface area contributed by atoms with E-state index in [-0.39, 0.29) is 6.10 Å². The standard InChI is InChI=1S/C17H22N4OS/c1-23-17-19-9-15(10-20-17)11-21-7-3-5-16(12-21)22-13-14-4-2-6-18-8-14/h2,4,6,8-10,16H,3,5,7,11-13H2,1H3/t16-/m1/s1. The Bertz CT molecular complexity index is 593. The Morgan fingerprint density at radius 1 is 1.26 bits per heavy atom. The minimum Gasteiger partial charge on any atom is -0.372 e. The molecule has 0 aromatic carbocycles. The molecule has 0 aliphatic carbocycles. The van der Waals surface area contributed by atoms with E-state index >= 15 is 0 Å². The second kappa shape index (κ2) is 8.38. The summed E-state index contributed by atoms with van der Waals surface area (Å²) in [6, 6.07) is 4.00. The summed E-state index contributed by atoms with van der Waals surface area (Å²) in [6.45, 7) is 3.60. The number of pyridine rings is 1. The predicted octanol–water partition coefficient (Wildman–Crippen LogP) is 2.77. The molecule has 0 unspecified atom stereocenters. The molecule has 1 aliphatic rings. The van der Waals surface area contributed by atoms with E-state index in [1.807, 2.05) is 30.9 Å². The largest absolute Gasteiger partial charge is 0.372 e. The van der Waals surface area contributed by atoms with Crippen LogP contribution in [0.5, 0.6) is 0 Å². The second-order valence-corrected chi connectivity index (χ2v) is 6.52. The molecule has 5 nitrogen and oxygen atoms in total. The fourth-order valence-corrected chi connectivity index (χ4v) is 3.09. The predicted molar refractivity (Wildman–Crippen MR) is 91.1 cm³/mol. The van der Waals surface area contributed by atoms with Gasteiger partial charge in [0.1, 0.15) is 0 Å². The first-order chi connectivity index (χ1) is 11.3. The highest BCUT2D eigenvalue weighted by Crippen LogP contribution is 2.17. The fourth-order valence-electron chi connectivity index (χ4n) is 2.78. The molecule has 23 heavy (non-hydrogen) atoms. The van der Waals surface area contributed by atoms with Gasteiger partial charge in [0.05, 0.1) is 12.7 Å². The third-order valence-electron chi connectivity index (χ3n) is 3.94. The summed E-state index contributed by atoms with van der Waals surface area (Å²) < 4.78 is 6.06. The van der Waals surface area contributed by atoms with E-state index in [9.17, 15) is 0 Å². The van der Waals surface area contributed by atoms with Gasteiger partial charge in [-0.3, -0.25) is 9.88 Å². The van der Waals surface area contributed by atoms with Gasteiger partial charge in [-0.1, -0.05) is 17.8 Å². The molecule has 0 spiro atoms. The zero-order chi connectivity index (χ0) is 15.9. The van der Waals surface area contributed by atoms with Crippen LogP contribution in [-0.4, -0.2) is 45.3 Å². The van der Waals surface area contributed by atoms with Crippen LogP contribution < -0.4 is 0 Å². The summed E-state index contributed by atoms with van der Waals surface area (Å²) in [6.07, 6.45) is 12.1. The highest BCUT2D eigenvalue weighted by Gasteiger charge is 2.20. The number of hydrogen-bond acceptors (Lipinski definition) is 6. The molecule has 0 bridgehead atoms. The molecule has 2 aromatic rings. The van der Waals surface area contributed by atoms with Crippen LogP contribution in [0.25, 0.3) is 0 Å². The van der Waals surface area contributed by atoms with Crippen molar-refractivity contribution in [3.8, 4) is 0 Å². The molecule has 1 saturated heterocycles. The molecule has 0 saturated carbocycles. The Morgan fingerprint density at radius 2 is 2.13 bits per heavy atom. The van der Waals surface area contributed by atoms with Crippen LogP contribution in [0.1, 0.15) is 24.0 Å². The average Bonchev–Trinajstić information content (AvgIpc) is 2.62. The number of likely N-dealkylation sites (tertiary alicyclic amines) is 1. The fraction of sp³-hybridized carbons (Fsp3) is 0.471. The Morgan fingerprint density at radius 3 is 2.87 bits per heavy atom. The van der Waals surface area contributed by atoms with Crippen LogP contribution in [0.4, 0.5) is 0 Å². The first-order valence-electron chi connectivity index (χ1n) is 7.91. The van der Waals surface area contributed by atoms with Crippen molar-refractivity contribution >= 4 is 11.8 Å². The molecule has 3 heterocycles. The van der Waals surface area contributed by atoms with Crippen molar-refractivity contribution in [1.82, 2.24) is 19.9 Å². The molecule has 1 fully saturated rings. The van der Waals surface area contributed by atoms with Gasteiger partial charge in [-0.25, -0.2) is 9.97 Å². The summed E-state index contributed by atoms with van der Waals surface area (Å²) in [5.74, 6) is 0. The normalized spacial score (nSPS) is 18.9. The van der Waals surface area contributed by atoms with Crippen LogP contribution >= 0.6 is 11.8 Å². The van der Waals surface area contributed by atoms with Gasteiger partial charge in [0.15, 0.2) is 5.16 Å². The summed E-state index contributed by atoms with van der Waals surface area (Å²) in [5, 5.41) is 0.824. The third-order valence-corrected chi connectivity index (χ3v) is 4.52. The quantitative estimate of drug-likeness (QED) is 0.600. The van der Waals surface area contributed by atoms with Crippen molar-refractivity contribution in [3.05, 3.63) is 48.0 Å². The zero-order valence-electron chi connectivity index (χ0n) is 13.4. The third kappa shape index (κ3) is 4.99. The minimum absolute atomic E-state index is 0.287. The van der Waals surface area contributed by atoms with Crippen LogP contribution in [0.3, 0.4) is 0 Å². The highest BCUT2D eigenvalue weighted by atomic mass is 32.2. The lowest BCUT2D eigenvalue weighted by Crippen LogP contribution is -2.39. The Hall–Kier alpha value is -1.50. The van der Waals surface area contributed by atoms with Gasteiger partial charge in [-0.15, -0.1) is 0 Å². The molecule has 6 heteroatoms. The zero-order valence-corrected chi connectivity index (χ0v) is 14.2. The number of ether oxygens (including phenoxy) is 1. The molecular weight excluding hydrogens is 308 g/mol. The number of nitrogens with zero attached hydrogens (tertiary/aromatic N) is 4. The highest BCUT2D eigenvalue weighted by molar-refractivity contribution is 7.98. The van der Waals surface area contributed by atoms with Crippen molar-refractivity contribution < 1.29 is 4.74 Å². The van der Waals surface area contributed by atoms with Gasteiger partial charge >= 0.3 is 0 Å². The van der Waals surface area contributed by atoms with Crippen molar-refractivity contribution in [2.45, 2.75) is 37.3 Å². The molecule has 1 atom stereocenters. The van der Waals surface area contributed by atoms with E-state index in [4.69, 9.17) is 4.74 Å². The number of piperidine rings is 1. The van der Waals surface area contributed by atoms with Crippen LogP contribution in [0, 0.1) is 0 Å². The van der Waals surface area contributed by atoms with E-state index in [0.29, 0.717) is 6.61 Å². The number of rotatable bonds is 6. The first-order valence-corrected chi connectivity index (χ1v) is 9.14. The lowest BCUT2D eigenvalue weighted by molar-refractivity contribution is -0.0122. The van der Waals surface area contributed by atoms with Gasteiger partial charge < -0.3 is 4.74 Å². The summed E-state index contributed by atoms with van der Waals surface area (Å²) >= 11 is 1.57. The number of aromatic nitrogens is 3. The van der Waals surface area contributed by atoms with Crippen LogP contribution in [-0.2, 0) is 17.9 Å². The van der Waals surface area contributed by atoms with Crippen molar-refractivity contribution in [1.29, 1.82) is 0 Å². The van der Waals surface area contributed by atoms with Gasteiger partial charge in [0, 0.05) is 43.4 Å². The molecule has 0 amide bonds. The molecule has 122 valence electrons. The molecule has 0 N–H and O–H groups in total. The number of thioether (sulfide) groups is 1. The van der Waals surface area contributed by atoms with Crippen LogP contribution in [0.15, 0.2) is 42.1 Å². The monoisotopic (exact) mass is 330 g/mol. The maximum absolute atomic E-state index is 6.06.